The number of imidazole rings is 1. The topological polar surface area (TPSA) is 50.2 Å². The highest BCUT2D eigenvalue weighted by Crippen LogP contribution is 2.26. The molecule has 2 aliphatic heterocycles. The molecular weight excluding hydrogens is 359 g/mol. The van der Waals surface area contributed by atoms with E-state index in [9.17, 15) is 4.79 Å². The lowest BCUT2D eigenvalue weighted by Crippen LogP contribution is -2.40. The van der Waals surface area contributed by atoms with Gasteiger partial charge in [-0.25, -0.2) is 4.98 Å². The minimum Gasteiger partial charge on any atom is -0.338 e. The summed E-state index contributed by atoms with van der Waals surface area (Å²) in [7, 11) is 0. The summed E-state index contributed by atoms with van der Waals surface area (Å²) in [6, 6.07) is 0.340. The molecule has 3 atom stereocenters. The second-order valence-electron chi connectivity index (χ2n) is 7.30. The molecule has 0 aromatic carbocycles. The first kappa shape index (κ1) is 22.3. The first-order chi connectivity index (χ1) is 11.1. The van der Waals surface area contributed by atoms with Crippen molar-refractivity contribution in [3.05, 3.63) is 18.2 Å². The van der Waals surface area contributed by atoms with Gasteiger partial charge in [0.05, 0.1) is 0 Å². The number of nitrogens with zero attached hydrogens (tertiary/aromatic N) is 3. The summed E-state index contributed by atoms with van der Waals surface area (Å²) >= 11 is 0. The largest absolute Gasteiger partial charge is 0.338 e. The van der Waals surface area contributed by atoms with Crippen LogP contribution in [0.2, 0.25) is 0 Å². The van der Waals surface area contributed by atoms with Crippen LogP contribution in [0.3, 0.4) is 0 Å². The van der Waals surface area contributed by atoms with Crippen LogP contribution < -0.4 is 5.32 Å². The minimum atomic E-state index is 0. The zero-order valence-corrected chi connectivity index (χ0v) is 17.0. The molecule has 0 saturated carbocycles. The Morgan fingerprint density at radius 1 is 1.36 bits per heavy atom. The standard InChI is InChI=1S/C18H30N4O.2ClH/c1-14(16-5-3-7-19-12-16)11-18(23)22-9-4-6-17(22)13-21-10-8-20-15(21)2;;/h8,10,14,16-17,19H,3-7,9,11-13H2,1-2H3;2*1H. The zero-order valence-electron chi connectivity index (χ0n) is 15.3. The van der Waals surface area contributed by atoms with Gasteiger partial charge in [0.1, 0.15) is 5.82 Å². The average molecular weight is 391 g/mol. The Morgan fingerprint density at radius 2 is 2.16 bits per heavy atom. The highest BCUT2D eigenvalue weighted by molar-refractivity contribution is 5.85. The molecule has 0 aliphatic carbocycles. The Balaban J connectivity index is 0.00000156. The molecule has 2 aliphatic rings. The van der Waals surface area contributed by atoms with Gasteiger partial charge in [0, 0.05) is 37.9 Å². The summed E-state index contributed by atoms with van der Waals surface area (Å²) in [5, 5.41) is 3.47. The van der Waals surface area contributed by atoms with Crippen molar-refractivity contribution < 1.29 is 4.79 Å². The molecule has 144 valence electrons. The molecule has 3 unspecified atom stereocenters. The quantitative estimate of drug-likeness (QED) is 0.840. The molecule has 25 heavy (non-hydrogen) atoms. The highest BCUT2D eigenvalue weighted by Gasteiger charge is 2.31. The Morgan fingerprint density at radius 3 is 2.80 bits per heavy atom. The summed E-state index contributed by atoms with van der Waals surface area (Å²) in [4.78, 5) is 19.2. The van der Waals surface area contributed by atoms with E-state index in [0.29, 0.717) is 30.2 Å². The lowest BCUT2D eigenvalue weighted by molar-refractivity contribution is -0.133. The molecule has 3 rings (SSSR count). The number of hydrogen-bond donors (Lipinski definition) is 1. The number of amides is 1. The number of likely N-dealkylation sites (tertiary alicyclic amines) is 1. The number of piperidine rings is 1. The van der Waals surface area contributed by atoms with E-state index >= 15 is 0 Å². The highest BCUT2D eigenvalue weighted by atomic mass is 35.5. The van der Waals surface area contributed by atoms with Gasteiger partial charge in [0.15, 0.2) is 0 Å². The molecule has 1 amide bonds. The van der Waals surface area contributed by atoms with Crippen molar-refractivity contribution in [3.63, 3.8) is 0 Å². The van der Waals surface area contributed by atoms with Crippen LogP contribution >= 0.6 is 24.8 Å². The number of nitrogens with one attached hydrogen (secondary N) is 1. The zero-order chi connectivity index (χ0) is 16.2. The summed E-state index contributed by atoms with van der Waals surface area (Å²) in [6.45, 7) is 8.30. The van der Waals surface area contributed by atoms with Crippen LogP contribution in [0.25, 0.3) is 0 Å². The number of carbonyl (C=O) groups is 1. The summed E-state index contributed by atoms with van der Waals surface area (Å²) in [6.07, 6.45) is 9.31. The Kier molecular flexibility index (Phi) is 9.25. The van der Waals surface area contributed by atoms with Crippen LogP contribution in [0.15, 0.2) is 12.4 Å². The maximum absolute atomic E-state index is 12.8. The number of halogens is 2. The third-order valence-corrected chi connectivity index (χ3v) is 5.66. The van der Waals surface area contributed by atoms with Gasteiger partial charge in [-0.1, -0.05) is 6.92 Å². The molecule has 3 heterocycles. The van der Waals surface area contributed by atoms with E-state index < -0.39 is 0 Å². The Labute approximate surface area is 163 Å². The molecule has 1 aromatic rings. The summed E-state index contributed by atoms with van der Waals surface area (Å²) in [5.41, 5.74) is 0. The lowest BCUT2D eigenvalue weighted by atomic mass is 9.85. The van der Waals surface area contributed by atoms with E-state index in [1.807, 2.05) is 19.3 Å². The van der Waals surface area contributed by atoms with Gasteiger partial charge in [-0.05, 0) is 57.5 Å². The number of aromatic nitrogens is 2. The van der Waals surface area contributed by atoms with E-state index in [0.717, 1.165) is 44.8 Å². The first-order valence-electron chi connectivity index (χ1n) is 9.13. The van der Waals surface area contributed by atoms with Crippen LogP contribution in [0.4, 0.5) is 0 Å². The van der Waals surface area contributed by atoms with Crippen LogP contribution in [0, 0.1) is 18.8 Å². The third-order valence-electron chi connectivity index (χ3n) is 5.66. The van der Waals surface area contributed by atoms with Crippen molar-refractivity contribution in [2.75, 3.05) is 19.6 Å². The van der Waals surface area contributed by atoms with Crippen molar-refractivity contribution in [2.45, 2.75) is 58.5 Å². The second kappa shape index (κ2) is 10.4. The second-order valence-corrected chi connectivity index (χ2v) is 7.30. The predicted octanol–water partition coefficient (Wildman–Crippen LogP) is 3.05. The molecule has 0 radical (unpaired) electrons. The van der Waals surface area contributed by atoms with Gasteiger partial charge in [0.25, 0.3) is 0 Å². The Bertz CT molecular complexity index is 531. The van der Waals surface area contributed by atoms with E-state index in [4.69, 9.17) is 0 Å². The maximum atomic E-state index is 12.8. The maximum Gasteiger partial charge on any atom is 0.223 e. The minimum absolute atomic E-state index is 0. The van der Waals surface area contributed by atoms with E-state index in [2.05, 4.69) is 26.7 Å². The van der Waals surface area contributed by atoms with Crippen LogP contribution in [-0.4, -0.2) is 46.0 Å². The molecule has 0 bridgehead atoms. The van der Waals surface area contributed by atoms with E-state index in [1.165, 1.54) is 12.8 Å². The van der Waals surface area contributed by atoms with Crippen molar-refractivity contribution in [1.82, 2.24) is 19.8 Å². The number of carbonyl (C=O) groups excluding carboxylic acids is 1. The van der Waals surface area contributed by atoms with Gasteiger partial charge in [0.2, 0.25) is 5.91 Å². The van der Waals surface area contributed by atoms with Crippen molar-refractivity contribution >= 4 is 30.7 Å². The number of aryl methyl sites for hydroxylation is 1. The number of hydrogen-bond acceptors (Lipinski definition) is 3. The van der Waals surface area contributed by atoms with Crippen molar-refractivity contribution in [2.24, 2.45) is 11.8 Å². The van der Waals surface area contributed by atoms with E-state index in [-0.39, 0.29) is 24.8 Å². The summed E-state index contributed by atoms with van der Waals surface area (Å²) in [5.74, 6) is 2.52. The SMILES string of the molecule is Cc1nccn1CC1CCCN1C(=O)CC(C)C1CCCNC1.Cl.Cl. The molecular formula is C18H32Cl2N4O. The molecule has 7 heteroatoms. The monoisotopic (exact) mass is 390 g/mol. The van der Waals surface area contributed by atoms with Crippen LogP contribution in [0.1, 0.15) is 44.9 Å². The molecule has 1 aromatic heterocycles. The van der Waals surface area contributed by atoms with Gasteiger partial charge in [-0.15, -0.1) is 24.8 Å². The smallest absolute Gasteiger partial charge is 0.223 e. The van der Waals surface area contributed by atoms with Gasteiger partial charge in [-0.3, -0.25) is 4.79 Å². The molecule has 0 spiro atoms. The fourth-order valence-electron chi connectivity index (χ4n) is 4.10. The molecule has 2 fully saturated rings. The first-order valence-corrected chi connectivity index (χ1v) is 9.13. The van der Waals surface area contributed by atoms with Crippen molar-refractivity contribution in [3.8, 4) is 0 Å². The fraction of sp³-hybridized carbons (Fsp3) is 0.778. The molecule has 2 saturated heterocycles. The number of rotatable bonds is 5. The van der Waals surface area contributed by atoms with Gasteiger partial charge >= 0.3 is 0 Å². The Hall–Kier alpha value is -0.780. The van der Waals surface area contributed by atoms with Crippen LogP contribution in [0.5, 0.6) is 0 Å². The third kappa shape index (κ3) is 5.60. The van der Waals surface area contributed by atoms with Crippen molar-refractivity contribution in [1.29, 1.82) is 0 Å². The summed E-state index contributed by atoms with van der Waals surface area (Å²) < 4.78 is 2.17. The van der Waals surface area contributed by atoms with Gasteiger partial charge in [-0.2, -0.15) is 0 Å². The van der Waals surface area contributed by atoms with Gasteiger partial charge < -0.3 is 14.8 Å². The molecule has 5 nitrogen and oxygen atoms in total. The fourth-order valence-corrected chi connectivity index (χ4v) is 4.10. The lowest BCUT2D eigenvalue weighted by Gasteiger charge is -2.31. The van der Waals surface area contributed by atoms with E-state index in [1.54, 1.807) is 0 Å². The normalized spacial score (nSPS) is 24.3. The average Bonchev–Trinajstić information content (AvgIpc) is 3.18. The molecule has 1 N–H and O–H groups in total. The predicted molar refractivity (Wildman–Crippen MR) is 106 cm³/mol. The van der Waals surface area contributed by atoms with Crippen LogP contribution in [-0.2, 0) is 11.3 Å².